The summed E-state index contributed by atoms with van der Waals surface area (Å²) in [7, 11) is -3.31. The summed E-state index contributed by atoms with van der Waals surface area (Å²) < 4.78 is 38.7. The molecule has 0 radical (unpaired) electrons. The lowest BCUT2D eigenvalue weighted by atomic mass is 10.1. The summed E-state index contributed by atoms with van der Waals surface area (Å²) in [4.78, 5) is 0. The molecular formula is C15H18N4O4S. The highest BCUT2D eigenvalue weighted by atomic mass is 32.2. The Balaban J connectivity index is 1.52. The molecule has 0 bridgehead atoms. The number of hydrogen-bond acceptors (Lipinski definition) is 6. The van der Waals surface area contributed by atoms with Crippen LogP contribution in [-0.4, -0.2) is 61.1 Å². The molecule has 1 aromatic heterocycles. The molecule has 24 heavy (non-hydrogen) atoms. The maximum atomic E-state index is 11.4. The van der Waals surface area contributed by atoms with E-state index < -0.39 is 10.0 Å². The molecule has 0 amide bonds. The Kier molecular flexibility index (Phi) is 3.87. The predicted molar refractivity (Wildman–Crippen MR) is 85.7 cm³/mol. The molecule has 1 aromatic carbocycles. The van der Waals surface area contributed by atoms with E-state index in [4.69, 9.17) is 9.47 Å². The average molecular weight is 350 g/mol. The Morgan fingerprint density at radius 3 is 2.67 bits per heavy atom. The Morgan fingerprint density at radius 2 is 1.92 bits per heavy atom. The van der Waals surface area contributed by atoms with E-state index in [0.717, 1.165) is 17.5 Å². The van der Waals surface area contributed by atoms with Crippen LogP contribution in [0.15, 0.2) is 36.5 Å². The molecule has 2 saturated heterocycles. The van der Waals surface area contributed by atoms with Crippen molar-refractivity contribution < 1.29 is 17.9 Å². The molecule has 2 fully saturated rings. The van der Waals surface area contributed by atoms with Gasteiger partial charge in [0.05, 0.1) is 31.7 Å². The molecule has 0 spiro atoms. The lowest BCUT2D eigenvalue weighted by Crippen LogP contribution is -2.43. The van der Waals surface area contributed by atoms with Gasteiger partial charge in [0.2, 0.25) is 10.0 Å². The first-order valence-electron chi connectivity index (χ1n) is 7.69. The van der Waals surface area contributed by atoms with Crippen LogP contribution in [0.25, 0.3) is 11.3 Å². The summed E-state index contributed by atoms with van der Waals surface area (Å²) in [6.07, 6.45) is 2.45. The number of hydrogen-bond donors (Lipinski definition) is 1. The van der Waals surface area contributed by atoms with E-state index in [-0.39, 0.29) is 24.3 Å². The van der Waals surface area contributed by atoms with Gasteiger partial charge in [0.25, 0.3) is 0 Å². The standard InChI is InChI=1S/C15H18N4O4S/c1-24(20,21)17-12-8-22-15-13(9-23-14(12)15)19-7-11(16-18-19)10-5-3-2-4-6-10/h2-7,12-15,17H,8-9H2,1H3. The zero-order valence-corrected chi connectivity index (χ0v) is 13.9. The summed E-state index contributed by atoms with van der Waals surface area (Å²) in [5.74, 6) is 0. The van der Waals surface area contributed by atoms with Gasteiger partial charge in [-0.15, -0.1) is 5.10 Å². The quantitative estimate of drug-likeness (QED) is 0.846. The molecule has 8 nitrogen and oxygen atoms in total. The van der Waals surface area contributed by atoms with Gasteiger partial charge in [0.15, 0.2) is 0 Å². The van der Waals surface area contributed by atoms with Crippen molar-refractivity contribution in [3.63, 3.8) is 0 Å². The highest BCUT2D eigenvalue weighted by Crippen LogP contribution is 2.34. The van der Waals surface area contributed by atoms with Crippen molar-refractivity contribution in [2.75, 3.05) is 19.5 Å². The molecule has 2 aliphatic heterocycles. The largest absolute Gasteiger partial charge is 0.371 e. The van der Waals surface area contributed by atoms with Gasteiger partial charge < -0.3 is 9.47 Å². The van der Waals surface area contributed by atoms with Crippen LogP contribution in [0.4, 0.5) is 0 Å². The molecule has 0 saturated carbocycles. The normalized spacial score (nSPS) is 29.7. The van der Waals surface area contributed by atoms with Crippen molar-refractivity contribution in [1.29, 1.82) is 0 Å². The molecule has 0 aliphatic carbocycles. The second kappa shape index (κ2) is 5.92. The number of ether oxygens (including phenoxy) is 2. The monoisotopic (exact) mass is 350 g/mol. The third kappa shape index (κ3) is 2.95. The minimum Gasteiger partial charge on any atom is -0.371 e. The summed E-state index contributed by atoms with van der Waals surface area (Å²) in [5, 5.41) is 8.42. The maximum Gasteiger partial charge on any atom is 0.209 e. The molecular weight excluding hydrogens is 332 g/mol. The molecule has 128 valence electrons. The van der Waals surface area contributed by atoms with Crippen LogP contribution in [0.5, 0.6) is 0 Å². The predicted octanol–water partition coefficient (Wildman–Crippen LogP) is 0.202. The second-order valence-corrected chi connectivity index (χ2v) is 7.89. The number of sulfonamides is 1. The number of fused-ring (bicyclic) bond motifs is 1. The molecule has 1 N–H and O–H groups in total. The van der Waals surface area contributed by atoms with Crippen LogP contribution in [0.2, 0.25) is 0 Å². The SMILES string of the molecule is CS(=O)(=O)NC1COC2C1OCC2n1cc(-c2ccccc2)nn1. The lowest BCUT2D eigenvalue weighted by molar-refractivity contribution is 0.0624. The van der Waals surface area contributed by atoms with Gasteiger partial charge in [-0.2, -0.15) is 0 Å². The van der Waals surface area contributed by atoms with E-state index in [1.165, 1.54) is 0 Å². The fourth-order valence-corrected chi connectivity index (χ4v) is 4.01. The Bertz CT molecular complexity index is 823. The lowest BCUT2D eigenvalue weighted by Gasteiger charge is -2.16. The van der Waals surface area contributed by atoms with E-state index in [1.54, 1.807) is 4.68 Å². The number of benzene rings is 1. The first kappa shape index (κ1) is 15.7. The second-order valence-electron chi connectivity index (χ2n) is 6.11. The topological polar surface area (TPSA) is 95.3 Å². The number of aromatic nitrogens is 3. The van der Waals surface area contributed by atoms with E-state index in [2.05, 4.69) is 15.0 Å². The molecule has 4 atom stereocenters. The number of nitrogens with zero attached hydrogens (tertiary/aromatic N) is 3. The first-order chi connectivity index (χ1) is 11.5. The zero-order chi connectivity index (χ0) is 16.7. The van der Waals surface area contributed by atoms with Crippen molar-refractivity contribution in [2.45, 2.75) is 24.3 Å². The molecule has 3 heterocycles. The van der Waals surface area contributed by atoms with Crippen LogP contribution in [-0.2, 0) is 19.5 Å². The molecule has 4 unspecified atom stereocenters. The highest BCUT2D eigenvalue weighted by Gasteiger charge is 2.49. The molecule has 4 rings (SSSR count). The van der Waals surface area contributed by atoms with Crippen molar-refractivity contribution >= 4 is 10.0 Å². The van der Waals surface area contributed by atoms with Gasteiger partial charge in [-0.1, -0.05) is 35.5 Å². The van der Waals surface area contributed by atoms with Crippen LogP contribution in [0.3, 0.4) is 0 Å². The summed E-state index contributed by atoms with van der Waals surface area (Å²) in [6.45, 7) is 0.702. The molecule has 2 aliphatic rings. The van der Waals surface area contributed by atoms with Crippen molar-refractivity contribution in [3.05, 3.63) is 36.5 Å². The Labute approximate surface area is 139 Å². The smallest absolute Gasteiger partial charge is 0.209 e. The van der Waals surface area contributed by atoms with Gasteiger partial charge in [-0.25, -0.2) is 17.8 Å². The Hall–Kier alpha value is -1.81. The van der Waals surface area contributed by atoms with Crippen molar-refractivity contribution in [3.8, 4) is 11.3 Å². The number of rotatable bonds is 4. The fourth-order valence-electron chi connectivity index (χ4n) is 3.26. The fraction of sp³-hybridized carbons (Fsp3) is 0.467. The molecule has 9 heteroatoms. The van der Waals surface area contributed by atoms with Crippen molar-refractivity contribution in [2.24, 2.45) is 0 Å². The van der Waals surface area contributed by atoms with Gasteiger partial charge in [-0.05, 0) is 0 Å². The van der Waals surface area contributed by atoms with E-state index in [1.807, 2.05) is 36.5 Å². The summed E-state index contributed by atoms with van der Waals surface area (Å²) in [6, 6.07) is 9.30. The third-order valence-corrected chi connectivity index (χ3v) is 5.04. The van der Waals surface area contributed by atoms with Gasteiger partial charge in [0, 0.05) is 5.56 Å². The zero-order valence-electron chi connectivity index (χ0n) is 13.1. The van der Waals surface area contributed by atoms with E-state index in [9.17, 15) is 8.42 Å². The van der Waals surface area contributed by atoms with Gasteiger partial charge >= 0.3 is 0 Å². The molecule has 2 aromatic rings. The summed E-state index contributed by atoms with van der Waals surface area (Å²) in [5.41, 5.74) is 1.77. The number of nitrogens with one attached hydrogen (secondary N) is 1. The van der Waals surface area contributed by atoms with Crippen molar-refractivity contribution in [1.82, 2.24) is 19.7 Å². The van der Waals surface area contributed by atoms with E-state index in [0.29, 0.717) is 13.2 Å². The Morgan fingerprint density at radius 1 is 1.17 bits per heavy atom. The minimum atomic E-state index is -3.31. The van der Waals surface area contributed by atoms with Crippen LogP contribution in [0, 0.1) is 0 Å². The average Bonchev–Trinajstić information content (AvgIpc) is 3.24. The van der Waals surface area contributed by atoms with Crippen LogP contribution >= 0.6 is 0 Å². The van der Waals surface area contributed by atoms with Gasteiger partial charge in [-0.3, -0.25) is 0 Å². The first-order valence-corrected chi connectivity index (χ1v) is 9.58. The van der Waals surface area contributed by atoms with Crippen LogP contribution in [0.1, 0.15) is 6.04 Å². The summed E-state index contributed by atoms with van der Waals surface area (Å²) >= 11 is 0. The maximum absolute atomic E-state index is 11.4. The minimum absolute atomic E-state index is 0.119. The van der Waals surface area contributed by atoms with Gasteiger partial charge in [0.1, 0.15) is 23.9 Å². The highest BCUT2D eigenvalue weighted by molar-refractivity contribution is 7.88. The van der Waals surface area contributed by atoms with E-state index >= 15 is 0 Å². The van der Waals surface area contributed by atoms with Crippen LogP contribution < -0.4 is 4.72 Å². The third-order valence-electron chi connectivity index (χ3n) is 4.31.